The molecule has 0 aliphatic carbocycles. The van der Waals surface area contributed by atoms with E-state index in [0.717, 1.165) is 49.2 Å². The first-order chi connectivity index (χ1) is 31.4. The van der Waals surface area contributed by atoms with Crippen LogP contribution in [0.3, 0.4) is 0 Å². The van der Waals surface area contributed by atoms with Gasteiger partial charge in [-0.25, -0.2) is 16.8 Å². The Morgan fingerprint density at radius 1 is 0.576 bits per heavy atom. The fraction of sp³-hybridized carbons (Fsp3) is 0.0833. The third-order valence-electron chi connectivity index (χ3n) is 9.88. The Labute approximate surface area is 390 Å². The zero-order valence-corrected chi connectivity index (χ0v) is 38.6. The van der Waals surface area contributed by atoms with Crippen molar-refractivity contribution >= 4 is 81.8 Å². The summed E-state index contributed by atoms with van der Waals surface area (Å²) in [6.45, 7) is 0.430. The number of sulfone groups is 2. The van der Waals surface area contributed by atoms with Crippen LogP contribution in [0.1, 0.15) is 31.8 Å². The van der Waals surface area contributed by atoms with Gasteiger partial charge in [-0.1, -0.05) is 76.6 Å². The van der Waals surface area contributed by atoms with Crippen LogP contribution in [-0.4, -0.2) is 68.3 Å². The molecule has 0 radical (unpaired) electrons. The molecule has 6 N–H and O–H groups in total. The lowest BCUT2D eigenvalue weighted by Gasteiger charge is -2.13. The molecule has 8 aromatic rings. The van der Waals surface area contributed by atoms with E-state index in [1.807, 2.05) is 66.7 Å². The number of pyridine rings is 2. The van der Waals surface area contributed by atoms with E-state index in [9.17, 15) is 26.4 Å². The predicted molar refractivity (Wildman–Crippen MR) is 258 cm³/mol. The molecule has 18 heteroatoms. The summed E-state index contributed by atoms with van der Waals surface area (Å²) in [6, 6.07) is 41.4. The first-order valence-electron chi connectivity index (χ1n) is 19.8. The van der Waals surface area contributed by atoms with Crippen molar-refractivity contribution in [2.24, 2.45) is 11.5 Å². The van der Waals surface area contributed by atoms with Crippen molar-refractivity contribution in [1.29, 1.82) is 0 Å². The van der Waals surface area contributed by atoms with Gasteiger partial charge in [-0.2, -0.15) is 0 Å². The van der Waals surface area contributed by atoms with Gasteiger partial charge >= 0.3 is 7.12 Å². The first kappa shape index (κ1) is 48.5. The Bertz CT molecular complexity index is 3270. The van der Waals surface area contributed by atoms with E-state index >= 15 is 0 Å². The van der Waals surface area contributed by atoms with Gasteiger partial charge in [0.25, 0.3) is 0 Å². The second-order valence-corrected chi connectivity index (χ2v) is 19.6. The van der Waals surface area contributed by atoms with Crippen LogP contribution in [0.25, 0.3) is 32.9 Å². The van der Waals surface area contributed by atoms with Crippen LogP contribution >= 0.6 is 15.9 Å². The number of halogens is 1. The van der Waals surface area contributed by atoms with Gasteiger partial charge in [-0.15, -0.1) is 0 Å². The van der Waals surface area contributed by atoms with Crippen LogP contribution in [0.4, 0.5) is 0 Å². The summed E-state index contributed by atoms with van der Waals surface area (Å²) in [5.74, 6) is 0.342. The fourth-order valence-electron chi connectivity index (χ4n) is 6.54. The molecule has 6 aromatic carbocycles. The summed E-state index contributed by atoms with van der Waals surface area (Å²) in [5, 5.41) is 19.2. The summed E-state index contributed by atoms with van der Waals surface area (Å²) in [5.41, 5.74) is 16.7. The molecule has 0 atom stereocenters. The van der Waals surface area contributed by atoms with Crippen LogP contribution in [0.15, 0.2) is 172 Å². The highest BCUT2D eigenvalue weighted by molar-refractivity contribution is 9.10. The minimum Gasteiger partial charge on any atom is -0.488 e. The van der Waals surface area contributed by atoms with Crippen molar-refractivity contribution in [3.8, 4) is 22.6 Å². The molecule has 8 rings (SSSR count). The van der Waals surface area contributed by atoms with Gasteiger partial charge in [0, 0.05) is 62.4 Å². The maximum Gasteiger partial charge on any atom is 0.488 e. The molecular weight excluding hydrogens is 947 g/mol. The molecular formula is C48H42BBrN4O10S2. The highest BCUT2D eigenvalue weighted by Gasteiger charge is 2.15. The number of hydrogen-bond acceptors (Lipinski definition) is 12. The second-order valence-electron chi connectivity index (χ2n) is 14.7. The third kappa shape index (κ3) is 12.6. The summed E-state index contributed by atoms with van der Waals surface area (Å²) in [4.78, 5) is 32.3. The number of primary amides is 2. The number of amides is 2. The van der Waals surface area contributed by atoms with Gasteiger partial charge in [0.1, 0.15) is 24.7 Å². The minimum absolute atomic E-state index is 0.164. The standard InChI is InChI=1S/C24H20N2O4S.C17H13BrN2O2.C7H9BO4S/c1-31(28,29)19-10-8-16(9-11-19)18-13-22-21(7-4-12-26-22)23(14-18)30-15-17-5-2-3-6-20(17)24(25)27;18-12-8-15-14(6-3-7-20-15)16(9-12)22-10-11-4-1-2-5-13(11)17(19)21;1-13(11,12)7-4-2-6(3-5-7)8(9)10/h2-14H,15H2,1H3,(H2,25,27);1-9H,10H2,(H2,19,21);2-5,9-10H,1H3. The largest absolute Gasteiger partial charge is 0.488 e. The lowest BCUT2D eigenvalue weighted by atomic mass is 9.81. The summed E-state index contributed by atoms with van der Waals surface area (Å²) in [6.07, 6.45) is 5.71. The maximum atomic E-state index is 11.7. The predicted octanol–water partition coefficient (Wildman–Crippen LogP) is 6.43. The number of carbonyl (C=O) groups excluding carboxylic acids is 2. The monoisotopic (exact) mass is 988 g/mol. The van der Waals surface area contributed by atoms with Crippen LogP contribution < -0.4 is 26.4 Å². The topological polar surface area (TPSA) is 239 Å². The Hall–Kier alpha value is -6.96. The molecule has 14 nitrogen and oxygen atoms in total. The normalized spacial score (nSPS) is 11.1. The second kappa shape index (κ2) is 21.4. The quantitative estimate of drug-likeness (QED) is 0.0970. The van der Waals surface area contributed by atoms with Crippen LogP contribution in [0, 0.1) is 0 Å². The molecule has 2 heterocycles. The van der Waals surface area contributed by atoms with Crippen molar-refractivity contribution in [2.45, 2.75) is 23.0 Å². The molecule has 0 aliphatic heterocycles. The molecule has 0 saturated carbocycles. The van der Waals surface area contributed by atoms with E-state index in [2.05, 4.69) is 25.9 Å². The van der Waals surface area contributed by atoms with Gasteiger partial charge in [-0.3, -0.25) is 19.6 Å². The van der Waals surface area contributed by atoms with E-state index in [1.165, 1.54) is 30.5 Å². The molecule has 0 bridgehead atoms. The number of nitrogens with two attached hydrogens (primary N) is 2. The Morgan fingerprint density at radius 2 is 1.02 bits per heavy atom. The van der Waals surface area contributed by atoms with E-state index in [-0.39, 0.29) is 28.5 Å². The number of rotatable bonds is 12. The maximum absolute atomic E-state index is 11.7. The van der Waals surface area contributed by atoms with E-state index in [4.69, 9.17) is 31.0 Å². The Morgan fingerprint density at radius 3 is 1.47 bits per heavy atom. The smallest absolute Gasteiger partial charge is 0.488 e. The SMILES string of the molecule is CS(=O)(=O)c1ccc(-c2cc(OCc3ccccc3C(N)=O)c3cccnc3c2)cc1.CS(=O)(=O)c1ccc(B(O)O)cc1.NC(=O)c1ccccc1COc1cc(Br)cc2ncccc12. The zero-order chi connectivity index (χ0) is 47.6. The average Bonchev–Trinajstić information content (AvgIpc) is 3.30. The van der Waals surface area contributed by atoms with Gasteiger partial charge in [0.15, 0.2) is 19.7 Å². The van der Waals surface area contributed by atoms with E-state index in [1.54, 1.807) is 67.0 Å². The molecule has 2 aromatic heterocycles. The molecule has 0 fully saturated rings. The van der Waals surface area contributed by atoms with E-state index in [0.29, 0.717) is 28.2 Å². The fourth-order valence-corrected chi connectivity index (χ4v) is 8.22. The third-order valence-corrected chi connectivity index (χ3v) is 12.6. The molecule has 0 unspecified atom stereocenters. The number of carbonyl (C=O) groups is 2. The molecule has 2 amide bonds. The van der Waals surface area contributed by atoms with Crippen LogP contribution in [0.5, 0.6) is 11.5 Å². The minimum atomic E-state index is -3.27. The summed E-state index contributed by atoms with van der Waals surface area (Å²) in [7, 11) is -8.04. The Kier molecular flexibility index (Phi) is 15.7. The van der Waals surface area contributed by atoms with Crippen molar-refractivity contribution in [1.82, 2.24) is 9.97 Å². The number of hydrogen-bond donors (Lipinski definition) is 4. The van der Waals surface area contributed by atoms with Crippen molar-refractivity contribution in [3.63, 3.8) is 0 Å². The van der Waals surface area contributed by atoms with Crippen LogP contribution in [-0.2, 0) is 32.9 Å². The van der Waals surface area contributed by atoms with Crippen molar-refractivity contribution < 1.29 is 45.9 Å². The molecule has 336 valence electrons. The van der Waals surface area contributed by atoms with E-state index < -0.39 is 38.6 Å². The van der Waals surface area contributed by atoms with Gasteiger partial charge in [0.05, 0.1) is 20.8 Å². The van der Waals surface area contributed by atoms with Gasteiger partial charge in [-0.05, 0) is 102 Å². The lowest BCUT2D eigenvalue weighted by molar-refractivity contribution is 0.0989. The molecule has 66 heavy (non-hydrogen) atoms. The summed E-state index contributed by atoms with van der Waals surface area (Å²) >= 11 is 3.45. The number of nitrogens with zero attached hydrogens (tertiary/aromatic N) is 2. The van der Waals surface area contributed by atoms with Gasteiger partial charge < -0.3 is 31.0 Å². The first-order valence-corrected chi connectivity index (χ1v) is 24.4. The zero-order valence-electron chi connectivity index (χ0n) is 35.4. The van der Waals surface area contributed by atoms with Crippen LogP contribution in [0.2, 0.25) is 0 Å². The highest BCUT2D eigenvalue weighted by Crippen LogP contribution is 2.33. The lowest BCUT2D eigenvalue weighted by Crippen LogP contribution is -2.29. The molecule has 0 aliphatic rings. The molecule has 0 spiro atoms. The number of fused-ring (bicyclic) bond motifs is 2. The van der Waals surface area contributed by atoms with Crippen molar-refractivity contribution in [2.75, 3.05) is 12.5 Å². The number of benzene rings is 6. The van der Waals surface area contributed by atoms with Gasteiger partial charge in [0.2, 0.25) is 11.8 Å². The molecule has 0 saturated heterocycles. The summed E-state index contributed by atoms with van der Waals surface area (Å²) < 4.78 is 58.3. The number of ether oxygens (including phenoxy) is 2. The van der Waals surface area contributed by atoms with Crippen molar-refractivity contribution in [3.05, 3.63) is 185 Å². The highest BCUT2D eigenvalue weighted by atomic mass is 79.9. The number of aromatic nitrogens is 2. The Balaban J connectivity index is 0.000000179. The average molecular weight is 990 g/mol.